The zero-order valence-electron chi connectivity index (χ0n) is 10.3. The number of pyridine rings is 1. The van der Waals surface area contributed by atoms with Crippen molar-refractivity contribution in [2.24, 2.45) is 5.84 Å². The number of anilines is 2. The maximum atomic E-state index is 12.1. The minimum atomic E-state index is -0.317. The van der Waals surface area contributed by atoms with Crippen molar-refractivity contribution in [2.75, 3.05) is 10.7 Å². The number of carbonyl (C=O) groups is 1. The predicted molar refractivity (Wildman–Crippen MR) is 79.6 cm³/mol. The van der Waals surface area contributed by atoms with Gasteiger partial charge in [-0.2, -0.15) is 0 Å². The summed E-state index contributed by atoms with van der Waals surface area (Å²) < 4.78 is 0. The minimum absolute atomic E-state index is 0.284. The number of hydrogen-bond acceptors (Lipinski definition) is 6. The van der Waals surface area contributed by atoms with Crippen molar-refractivity contribution in [1.29, 1.82) is 0 Å². The summed E-state index contributed by atoms with van der Waals surface area (Å²) in [5.41, 5.74) is 4.23. The molecule has 0 spiro atoms. The van der Waals surface area contributed by atoms with Gasteiger partial charge in [0.2, 0.25) is 0 Å². The van der Waals surface area contributed by atoms with Crippen LogP contribution in [0.2, 0.25) is 0 Å². The first-order valence-electron chi connectivity index (χ1n) is 5.85. The molecule has 3 rings (SSSR count). The highest BCUT2D eigenvalue weighted by Gasteiger charge is 2.12. The van der Waals surface area contributed by atoms with Crippen LogP contribution < -0.4 is 16.6 Å². The molecule has 1 aromatic carbocycles. The molecular formula is C13H11N5OS. The molecule has 0 atom stereocenters. The van der Waals surface area contributed by atoms with Crippen molar-refractivity contribution in [3.8, 4) is 0 Å². The van der Waals surface area contributed by atoms with E-state index in [1.807, 2.05) is 24.3 Å². The number of amides is 1. The van der Waals surface area contributed by atoms with E-state index in [9.17, 15) is 4.79 Å². The number of hydrazine groups is 1. The minimum Gasteiger partial charge on any atom is -0.323 e. The van der Waals surface area contributed by atoms with Crippen LogP contribution >= 0.6 is 11.3 Å². The molecule has 0 saturated heterocycles. The van der Waals surface area contributed by atoms with E-state index in [-0.39, 0.29) is 11.6 Å². The lowest BCUT2D eigenvalue weighted by Crippen LogP contribution is -2.15. The fourth-order valence-corrected chi connectivity index (χ4v) is 2.38. The van der Waals surface area contributed by atoms with E-state index < -0.39 is 0 Å². The number of nitrogens with two attached hydrogens (primary N) is 1. The number of carbonyl (C=O) groups excluding carboxylic acids is 1. The Morgan fingerprint density at radius 2 is 2.15 bits per heavy atom. The van der Waals surface area contributed by atoms with Crippen LogP contribution in [0.5, 0.6) is 0 Å². The standard InChI is InChI=1S/C13H11N5OS/c14-18-10-7-11(12(19)17-13-15-5-6-20-13)16-9-4-2-1-3-8(9)10/h1-7H,14H2,(H,16,18)(H,15,17,19). The van der Waals surface area contributed by atoms with Crippen LogP contribution in [0.15, 0.2) is 41.9 Å². The molecule has 0 radical (unpaired) electrons. The molecule has 6 nitrogen and oxygen atoms in total. The number of thiazole rings is 1. The van der Waals surface area contributed by atoms with Gasteiger partial charge in [0, 0.05) is 17.0 Å². The van der Waals surface area contributed by atoms with Gasteiger partial charge in [0.15, 0.2) is 5.13 Å². The molecule has 0 aliphatic rings. The summed E-state index contributed by atoms with van der Waals surface area (Å²) in [4.78, 5) is 20.5. The van der Waals surface area contributed by atoms with Gasteiger partial charge in [-0.25, -0.2) is 9.97 Å². The molecule has 0 saturated carbocycles. The number of para-hydroxylation sites is 1. The van der Waals surface area contributed by atoms with Gasteiger partial charge >= 0.3 is 0 Å². The number of fused-ring (bicyclic) bond motifs is 1. The SMILES string of the molecule is NNc1cc(C(=O)Nc2nccs2)nc2ccccc12. The van der Waals surface area contributed by atoms with E-state index in [1.165, 1.54) is 11.3 Å². The van der Waals surface area contributed by atoms with Crippen molar-refractivity contribution < 1.29 is 4.79 Å². The summed E-state index contributed by atoms with van der Waals surface area (Å²) in [5, 5.41) is 5.88. The van der Waals surface area contributed by atoms with Crippen molar-refractivity contribution >= 4 is 39.0 Å². The highest BCUT2D eigenvalue weighted by Crippen LogP contribution is 2.22. The van der Waals surface area contributed by atoms with Crippen molar-refractivity contribution in [3.63, 3.8) is 0 Å². The third-order valence-electron chi connectivity index (χ3n) is 2.76. The zero-order chi connectivity index (χ0) is 13.9. The van der Waals surface area contributed by atoms with Gasteiger partial charge in [0.05, 0.1) is 11.2 Å². The Balaban J connectivity index is 2.01. The maximum Gasteiger partial charge on any atom is 0.276 e. The van der Waals surface area contributed by atoms with Gasteiger partial charge in [-0.3, -0.25) is 16.0 Å². The first-order chi connectivity index (χ1) is 9.78. The van der Waals surface area contributed by atoms with Gasteiger partial charge in [-0.15, -0.1) is 11.3 Å². The molecule has 2 aromatic heterocycles. The Bertz CT molecular complexity index is 757. The fraction of sp³-hybridized carbons (Fsp3) is 0. The van der Waals surface area contributed by atoms with Gasteiger partial charge < -0.3 is 5.43 Å². The molecule has 0 bridgehead atoms. The van der Waals surface area contributed by atoms with Crippen LogP contribution in [-0.4, -0.2) is 15.9 Å². The number of nitrogen functional groups attached to an aromatic ring is 1. The van der Waals surface area contributed by atoms with Crippen LogP contribution in [0.25, 0.3) is 10.9 Å². The summed E-state index contributed by atoms with van der Waals surface area (Å²) in [7, 11) is 0. The number of nitrogens with zero attached hydrogens (tertiary/aromatic N) is 2. The summed E-state index contributed by atoms with van der Waals surface area (Å²) >= 11 is 1.35. The van der Waals surface area contributed by atoms with Crippen LogP contribution in [0.1, 0.15) is 10.5 Å². The predicted octanol–water partition coefficient (Wildman–Crippen LogP) is 2.23. The Morgan fingerprint density at radius 1 is 1.30 bits per heavy atom. The highest BCUT2D eigenvalue weighted by molar-refractivity contribution is 7.13. The molecule has 1 amide bonds. The molecule has 100 valence electrons. The topological polar surface area (TPSA) is 92.9 Å². The van der Waals surface area contributed by atoms with Crippen LogP contribution in [-0.2, 0) is 0 Å². The molecule has 20 heavy (non-hydrogen) atoms. The van der Waals surface area contributed by atoms with Crippen molar-refractivity contribution in [2.45, 2.75) is 0 Å². The quantitative estimate of drug-likeness (QED) is 0.507. The normalized spacial score (nSPS) is 10.4. The molecule has 3 aromatic rings. The smallest absolute Gasteiger partial charge is 0.276 e. The molecule has 4 N–H and O–H groups in total. The van der Waals surface area contributed by atoms with Gasteiger partial charge in [-0.1, -0.05) is 18.2 Å². The number of aromatic nitrogens is 2. The van der Waals surface area contributed by atoms with Crippen molar-refractivity contribution in [1.82, 2.24) is 9.97 Å². The van der Waals surface area contributed by atoms with E-state index in [2.05, 4.69) is 20.7 Å². The van der Waals surface area contributed by atoms with Crippen LogP contribution in [0.3, 0.4) is 0 Å². The Morgan fingerprint density at radius 3 is 2.90 bits per heavy atom. The lowest BCUT2D eigenvalue weighted by Gasteiger charge is -2.08. The van der Waals surface area contributed by atoms with E-state index in [0.717, 1.165) is 5.39 Å². The molecule has 2 heterocycles. The third kappa shape index (κ3) is 2.31. The Kier molecular flexibility index (Phi) is 3.28. The number of rotatable bonds is 3. The summed E-state index contributed by atoms with van der Waals surface area (Å²) in [6.07, 6.45) is 1.63. The molecule has 0 aliphatic heterocycles. The molecule has 0 aliphatic carbocycles. The highest BCUT2D eigenvalue weighted by atomic mass is 32.1. The average molecular weight is 285 g/mol. The summed E-state index contributed by atoms with van der Waals surface area (Å²) in [6.45, 7) is 0. The Labute approximate surface area is 118 Å². The second-order valence-corrected chi connectivity index (χ2v) is 4.90. The second kappa shape index (κ2) is 5.24. The van der Waals surface area contributed by atoms with Gasteiger partial charge in [0.1, 0.15) is 5.69 Å². The first-order valence-corrected chi connectivity index (χ1v) is 6.73. The number of hydrogen-bond donors (Lipinski definition) is 3. The van der Waals surface area contributed by atoms with Crippen LogP contribution in [0.4, 0.5) is 10.8 Å². The first kappa shape index (κ1) is 12.5. The monoisotopic (exact) mass is 285 g/mol. The fourth-order valence-electron chi connectivity index (χ4n) is 1.86. The zero-order valence-corrected chi connectivity index (χ0v) is 11.1. The largest absolute Gasteiger partial charge is 0.323 e. The van der Waals surface area contributed by atoms with E-state index in [1.54, 1.807) is 17.6 Å². The van der Waals surface area contributed by atoms with E-state index in [0.29, 0.717) is 16.3 Å². The summed E-state index contributed by atoms with van der Waals surface area (Å²) in [5.74, 6) is 5.18. The maximum absolute atomic E-state index is 12.1. The van der Waals surface area contributed by atoms with Gasteiger partial charge in [-0.05, 0) is 12.1 Å². The average Bonchev–Trinajstić information content (AvgIpc) is 2.99. The van der Waals surface area contributed by atoms with E-state index in [4.69, 9.17) is 5.84 Å². The molecule has 0 fully saturated rings. The third-order valence-corrected chi connectivity index (χ3v) is 3.45. The van der Waals surface area contributed by atoms with Crippen molar-refractivity contribution in [3.05, 3.63) is 47.6 Å². The Hall–Kier alpha value is -2.51. The second-order valence-electron chi connectivity index (χ2n) is 4.01. The molecular weight excluding hydrogens is 274 g/mol. The lowest BCUT2D eigenvalue weighted by atomic mass is 10.1. The summed E-state index contributed by atoms with van der Waals surface area (Å²) in [6, 6.07) is 9.08. The number of nitrogens with one attached hydrogen (secondary N) is 2. The van der Waals surface area contributed by atoms with E-state index >= 15 is 0 Å². The number of benzene rings is 1. The molecule has 0 unspecified atom stereocenters. The van der Waals surface area contributed by atoms with Gasteiger partial charge in [0.25, 0.3) is 5.91 Å². The van der Waals surface area contributed by atoms with Crippen LogP contribution in [0, 0.1) is 0 Å². The molecule has 7 heteroatoms. The lowest BCUT2D eigenvalue weighted by molar-refractivity contribution is 0.102.